The fourth-order valence-electron chi connectivity index (χ4n) is 4.70. The maximum Gasteiger partial charge on any atom is 0.243 e. The van der Waals surface area contributed by atoms with Crippen LogP contribution in [0.4, 0.5) is 0 Å². The van der Waals surface area contributed by atoms with Crippen LogP contribution < -0.4 is 14.8 Å². The van der Waals surface area contributed by atoms with Gasteiger partial charge in [-0.3, -0.25) is 4.79 Å². The van der Waals surface area contributed by atoms with Gasteiger partial charge in [-0.05, 0) is 61.2 Å². The van der Waals surface area contributed by atoms with Crippen molar-refractivity contribution in [2.45, 2.75) is 43.4 Å². The van der Waals surface area contributed by atoms with Gasteiger partial charge in [0.25, 0.3) is 0 Å². The zero-order valence-electron chi connectivity index (χ0n) is 19.2. The minimum atomic E-state index is -3.54. The first-order valence-corrected chi connectivity index (χ1v) is 13.5. The van der Waals surface area contributed by atoms with Crippen molar-refractivity contribution in [1.82, 2.24) is 9.62 Å². The number of carbonyl (C=O) groups excluding carboxylic acids is 1. The molecule has 1 fully saturated rings. The summed E-state index contributed by atoms with van der Waals surface area (Å²) in [6, 6.07) is 10.2. The summed E-state index contributed by atoms with van der Waals surface area (Å²) in [7, 11) is -3.54. The molecular formula is C26H30N2O5S. The molecule has 0 bridgehead atoms. The third-order valence-corrected chi connectivity index (χ3v) is 8.50. The molecule has 0 aromatic heterocycles. The van der Waals surface area contributed by atoms with Crippen molar-refractivity contribution < 1.29 is 22.7 Å². The molecule has 0 radical (unpaired) electrons. The van der Waals surface area contributed by atoms with E-state index in [2.05, 4.69) is 5.32 Å². The number of hydrogen-bond donors (Lipinski definition) is 1. The Morgan fingerprint density at radius 1 is 0.912 bits per heavy atom. The van der Waals surface area contributed by atoms with E-state index in [0.29, 0.717) is 37.6 Å². The monoisotopic (exact) mass is 482 g/mol. The predicted molar refractivity (Wildman–Crippen MR) is 130 cm³/mol. The van der Waals surface area contributed by atoms with E-state index in [4.69, 9.17) is 9.47 Å². The van der Waals surface area contributed by atoms with Crippen molar-refractivity contribution in [2.75, 3.05) is 32.8 Å². The minimum absolute atomic E-state index is 0.179. The van der Waals surface area contributed by atoms with Gasteiger partial charge in [0.15, 0.2) is 17.3 Å². The van der Waals surface area contributed by atoms with Crippen molar-refractivity contribution in [3.05, 3.63) is 59.2 Å². The van der Waals surface area contributed by atoms with Gasteiger partial charge in [-0.1, -0.05) is 12.8 Å². The Morgan fingerprint density at radius 2 is 1.59 bits per heavy atom. The lowest BCUT2D eigenvalue weighted by atomic mass is 9.95. The molecule has 0 spiro atoms. The lowest BCUT2D eigenvalue weighted by Gasteiger charge is -2.23. The molecule has 0 amide bonds. The number of fused-ring (bicyclic) bond motifs is 2. The number of nitrogens with zero attached hydrogens (tertiary/aromatic N) is 1. The van der Waals surface area contributed by atoms with E-state index in [-0.39, 0.29) is 10.7 Å². The van der Waals surface area contributed by atoms with Crippen LogP contribution >= 0.6 is 0 Å². The Balaban J connectivity index is 1.38. The van der Waals surface area contributed by atoms with Gasteiger partial charge in [-0.25, -0.2) is 8.42 Å². The SMILES string of the molecule is O=C(/C=C1\NCCc2cc3c(cc21)OCCCO3)c1ccc(S(=O)(=O)N2CCCCCC2)cc1. The van der Waals surface area contributed by atoms with Crippen molar-refractivity contribution >= 4 is 21.5 Å². The Hall–Kier alpha value is -2.84. The van der Waals surface area contributed by atoms with E-state index >= 15 is 0 Å². The highest BCUT2D eigenvalue weighted by atomic mass is 32.2. The average Bonchev–Trinajstić information content (AvgIpc) is 3.26. The lowest BCUT2D eigenvalue weighted by molar-refractivity contribution is 0.104. The molecule has 7 nitrogen and oxygen atoms in total. The number of rotatable bonds is 4. The Kier molecular flexibility index (Phi) is 6.61. The summed E-state index contributed by atoms with van der Waals surface area (Å²) < 4.78 is 39.2. The quantitative estimate of drug-likeness (QED) is 0.527. The van der Waals surface area contributed by atoms with E-state index in [1.807, 2.05) is 12.1 Å². The van der Waals surface area contributed by atoms with Gasteiger partial charge in [0.2, 0.25) is 10.0 Å². The largest absolute Gasteiger partial charge is 0.490 e. The summed E-state index contributed by atoms with van der Waals surface area (Å²) in [5, 5.41) is 3.32. The molecule has 1 saturated heterocycles. The zero-order valence-corrected chi connectivity index (χ0v) is 20.0. The molecule has 34 heavy (non-hydrogen) atoms. The second-order valence-electron chi connectivity index (χ2n) is 8.95. The number of allylic oxidation sites excluding steroid dienone is 1. The number of carbonyl (C=O) groups is 1. The summed E-state index contributed by atoms with van der Waals surface area (Å²) in [6.45, 7) is 3.06. The van der Waals surface area contributed by atoms with Crippen LogP contribution in [-0.4, -0.2) is 51.4 Å². The van der Waals surface area contributed by atoms with Crippen LogP contribution in [0.1, 0.15) is 53.6 Å². The molecule has 2 aromatic carbocycles. The summed E-state index contributed by atoms with van der Waals surface area (Å²) in [4.78, 5) is 13.3. The Labute approximate surface area is 200 Å². The summed E-state index contributed by atoms with van der Waals surface area (Å²) >= 11 is 0. The second-order valence-corrected chi connectivity index (χ2v) is 10.9. The van der Waals surface area contributed by atoms with Crippen molar-refractivity contribution in [3.63, 3.8) is 0 Å². The summed E-state index contributed by atoms with van der Waals surface area (Å²) in [5.74, 6) is 1.27. The fourth-order valence-corrected chi connectivity index (χ4v) is 6.22. The third kappa shape index (κ3) is 4.70. The smallest absolute Gasteiger partial charge is 0.243 e. The fraction of sp³-hybridized carbons (Fsp3) is 0.423. The highest BCUT2D eigenvalue weighted by Crippen LogP contribution is 2.36. The average molecular weight is 483 g/mol. The van der Waals surface area contributed by atoms with E-state index in [1.165, 1.54) is 0 Å². The number of nitrogens with one attached hydrogen (secondary N) is 1. The molecule has 1 N–H and O–H groups in total. The number of sulfonamides is 1. The first-order valence-electron chi connectivity index (χ1n) is 12.1. The summed E-state index contributed by atoms with van der Waals surface area (Å²) in [5.41, 5.74) is 3.24. The molecule has 0 saturated carbocycles. The highest BCUT2D eigenvalue weighted by Gasteiger charge is 2.25. The van der Waals surface area contributed by atoms with Crippen LogP contribution in [0.3, 0.4) is 0 Å². The van der Waals surface area contributed by atoms with E-state index in [1.54, 1.807) is 34.6 Å². The minimum Gasteiger partial charge on any atom is -0.490 e. The lowest BCUT2D eigenvalue weighted by Crippen LogP contribution is -2.31. The zero-order chi connectivity index (χ0) is 23.5. The first kappa shape index (κ1) is 22.9. The molecule has 2 aromatic rings. The summed E-state index contributed by atoms with van der Waals surface area (Å²) in [6.07, 6.45) is 7.15. The topological polar surface area (TPSA) is 84.9 Å². The van der Waals surface area contributed by atoms with Gasteiger partial charge >= 0.3 is 0 Å². The third-order valence-electron chi connectivity index (χ3n) is 6.59. The predicted octanol–water partition coefficient (Wildman–Crippen LogP) is 3.78. The molecule has 3 heterocycles. The normalized spacial score (nSPS) is 20.1. The van der Waals surface area contributed by atoms with Gasteiger partial charge in [-0.15, -0.1) is 0 Å². The van der Waals surface area contributed by atoms with Gasteiger partial charge < -0.3 is 14.8 Å². The molecule has 0 unspecified atom stereocenters. The molecule has 3 aliphatic heterocycles. The van der Waals surface area contributed by atoms with Crippen LogP contribution in [0.25, 0.3) is 5.70 Å². The highest BCUT2D eigenvalue weighted by molar-refractivity contribution is 7.89. The second kappa shape index (κ2) is 9.80. The Morgan fingerprint density at radius 3 is 2.29 bits per heavy atom. The Bertz CT molecular complexity index is 1200. The van der Waals surface area contributed by atoms with Crippen LogP contribution in [0.2, 0.25) is 0 Å². The van der Waals surface area contributed by atoms with Crippen LogP contribution in [0.15, 0.2) is 47.4 Å². The van der Waals surface area contributed by atoms with Crippen molar-refractivity contribution in [2.24, 2.45) is 0 Å². The van der Waals surface area contributed by atoms with E-state index in [9.17, 15) is 13.2 Å². The molecule has 180 valence electrons. The van der Waals surface area contributed by atoms with Crippen molar-refractivity contribution in [1.29, 1.82) is 0 Å². The van der Waals surface area contributed by atoms with E-state index < -0.39 is 10.0 Å². The van der Waals surface area contributed by atoms with Gasteiger partial charge in [-0.2, -0.15) is 4.31 Å². The maximum atomic E-state index is 13.0. The number of ketones is 1. The van der Waals surface area contributed by atoms with Crippen LogP contribution in [0, 0.1) is 0 Å². The van der Waals surface area contributed by atoms with E-state index in [0.717, 1.165) is 67.6 Å². The maximum absolute atomic E-state index is 13.0. The molecule has 8 heteroatoms. The first-order chi connectivity index (χ1) is 16.5. The van der Waals surface area contributed by atoms with Gasteiger partial charge in [0.05, 0.1) is 18.1 Å². The number of hydrogen-bond acceptors (Lipinski definition) is 6. The molecule has 3 aliphatic rings. The standard InChI is InChI=1S/C26H30N2O5S/c29-24(19-6-8-21(9-7-19)34(30,31)28-12-3-1-2-4-13-28)18-23-22-17-26-25(32-14-5-15-33-26)16-20(22)10-11-27-23/h6-9,16-18,27H,1-5,10-15H2/b23-18-. The van der Waals surface area contributed by atoms with Gasteiger partial charge in [0, 0.05) is 49.0 Å². The van der Waals surface area contributed by atoms with Gasteiger partial charge in [0.1, 0.15) is 0 Å². The molecule has 0 aliphatic carbocycles. The molecule has 5 rings (SSSR count). The van der Waals surface area contributed by atoms with Crippen LogP contribution in [-0.2, 0) is 16.4 Å². The number of benzene rings is 2. The molecular weight excluding hydrogens is 452 g/mol. The van der Waals surface area contributed by atoms with Crippen molar-refractivity contribution in [3.8, 4) is 11.5 Å². The molecule has 0 atom stereocenters. The number of ether oxygens (including phenoxy) is 2. The van der Waals surface area contributed by atoms with Crippen LogP contribution in [0.5, 0.6) is 11.5 Å².